The van der Waals surface area contributed by atoms with Gasteiger partial charge < -0.3 is 10.2 Å². The lowest BCUT2D eigenvalue weighted by atomic mass is 10.1. The molecule has 0 saturated heterocycles. The summed E-state index contributed by atoms with van der Waals surface area (Å²) in [5, 5.41) is 62.0. The van der Waals surface area contributed by atoms with Gasteiger partial charge >= 0.3 is 11.9 Å². The zero-order chi connectivity index (χ0) is 32.1. The summed E-state index contributed by atoms with van der Waals surface area (Å²) < 4.78 is 0. The zero-order valence-corrected chi connectivity index (χ0v) is 24.0. The number of aromatic carboxylic acids is 1. The van der Waals surface area contributed by atoms with Gasteiger partial charge in [-0.15, -0.1) is 61.2 Å². The number of hydrogen-bond donors (Lipinski definition) is 2. The van der Waals surface area contributed by atoms with E-state index in [1.807, 2.05) is 24.3 Å². The van der Waals surface area contributed by atoms with E-state index in [9.17, 15) is 14.4 Å². The largest absolute Gasteiger partial charge is 0.481 e. The Morgan fingerprint density at radius 3 is 1.30 bits per heavy atom. The number of benzene rings is 2. The maximum atomic E-state index is 11.0. The molecule has 0 amide bonds. The summed E-state index contributed by atoms with van der Waals surface area (Å²) in [6.45, 7) is 6.63. The minimum Gasteiger partial charge on any atom is -0.481 e. The van der Waals surface area contributed by atoms with Crippen molar-refractivity contribution in [3.05, 3.63) is 83.0 Å². The number of ketones is 1. The molecule has 2 aromatic carbocycles. The molecule has 0 aliphatic rings. The van der Waals surface area contributed by atoms with E-state index in [1.165, 1.54) is 12.1 Å². The normalized spacial score (nSPS) is 10.0. The maximum absolute atomic E-state index is 11.0. The number of carbonyl (C=O) groups excluding carboxylic acids is 1. The number of carboxylic acids is 2. The second kappa shape index (κ2) is 15.8. The fraction of sp³-hybridized carbons (Fsp3) is 0.222. The van der Waals surface area contributed by atoms with E-state index in [1.54, 1.807) is 39.8 Å². The van der Waals surface area contributed by atoms with Gasteiger partial charge in [0.05, 0.1) is 5.56 Å². The molecular formula is C27H26N12O5. The van der Waals surface area contributed by atoms with Crippen molar-refractivity contribution >= 4 is 17.7 Å². The van der Waals surface area contributed by atoms with Crippen molar-refractivity contribution in [3.8, 4) is 22.8 Å². The first-order chi connectivity index (χ1) is 21.0. The van der Waals surface area contributed by atoms with Crippen LogP contribution in [-0.2, 0) is 22.4 Å². The van der Waals surface area contributed by atoms with Gasteiger partial charge in [0.25, 0.3) is 0 Å². The van der Waals surface area contributed by atoms with Crippen LogP contribution in [0.2, 0.25) is 0 Å². The molecule has 17 nitrogen and oxygen atoms in total. The molecule has 0 bridgehead atoms. The van der Waals surface area contributed by atoms with Crippen LogP contribution in [0, 0.1) is 20.8 Å². The fourth-order valence-corrected chi connectivity index (χ4v) is 3.12. The van der Waals surface area contributed by atoms with Gasteiger partial charge in [-0.3, -0.25) is 9.59 Å². The molecule has 0 aliphatic heterocycles. The Morgan fingerprint density at radius 1 is 0.545 bits per heavy atom. The number of carbonyl (C=O) groups is 3. The molecule has 3 aromatic heterocycles. The van der Waals surface area contributed by atoms with Crippen LogP contribution >= 0.6 is 0 Å². The number of aryl methyl sites for hydroxylation is 3. The van der Waals surface area contributed by atoms with Crippen molar-refractivity contribution < 1.29 is 24.6 Å². The summed E-state index contributed by atoms with van der Waals surface area (Å²) in [4.78, 5) is 31.7. The SMILES string of the molecule is CC(=O)Cc1ccc(-c2nnc(C)nn2)cc1.Cc1nnc(-c2ccc(C(=O)O)cc2)nn1.Cc1nnc(CC(=O)O)nn1. The van der Waals surface area contributed by atoms with Crippen LogP contribution in [0.3, 0.4) is 0 Å². The lowest BCUT2D eigenvalue weighted by molar-refractivity contribution is -0.136. The highest BCUT2D eigenvalue weighted by molar-refractivity contribution is 5.88. The highest BCUT2D eigenvalue weighted by Gasteiger charge is 2.07. The van der Waals surface area contributed by atoms with Crippen LogP contribution in [0.15, 0.2) is 48.5 Å². The Hall–Kier alpha value is -6.13. The zero-order valence-electron chi connectivity index (χ0n) is 24.0. The van der Waals surface area contributed by atoms with E-state index in [0.29, 0.717) is 41.1 Å². The number of aromatic nitrogens is 12. The third-order valence-corrected chi connectivity index (χ3v) is 5.14. The molecule has 44 heavy (non-hydrogen) atoms. The van der Waals surface area contributed by atoms with Crippen molar-refractivity contribution in [2.45, 2.75) is 40.5 Å². The minimum atomic E-state index is -0.988. The van der Waals surface area contributed by atoms with Gasteiger partial charge in [-0.05, 0) is 45.4 Å². The first-order valence-corrected chi connectivity index (χ1v) is 12.7. The average Bonchev–Trinajstić information content (AvgIpc) is 3.00. The molecule has 0 unspecified atom stereocenters. The monoisotopic (exact) mass is 598 g/mol. The van der Waals surface area contributed by atoms with Gasteiger partial charge in [0.1, 0.15) is 12.2 Å². The summed E-state index contributed by atoms with van der Waals surface area (Å²) in [5.41, 5.74) is 2.73. The Kier molecular flexibility index (Phi) is 11.6. The molecule has 0 radical (unpaired) electrons. The third kappa shape index (κ3) is 10.7. The summed E-state index contributed by atoms with van der Waals surface area (Å²) in [6.07, 6.45) is 0.214. The van der Waals surface area contributed by atoms with Crippen LogP contribution in [0.25, 0.3) is 22.8 Å². The quantitative estimate of drug-likeness (QED) is 0.269. The minimum absolute atomic E-state index is 0.128. The van der Waals surface area contributed by atoms with Crippen LogP contribution in [0.4, 0.5) is 0 Å². The number of Topliss-reactive ketones (excluding diaryl/α,β-unsaturated/α-hetero) is 1. The van der Waals surface area contributed by atoms with Gasteiger partial charge in [-0.1, -0.05) is 36.4 Å². The lowest BCUT2D eigenvalue weighted by Crippen LogP contribution is -2.08. The van der Waals surface area contributed by atoms with Gasteiger partial charge in [-0.2, -0.15) is 0 Å². The highest BCUT2D eigenvalue weighted by Crippen LogP contribution is 2.15. The lowest BCUT2D eigenvalue weighted by Gasteiger charge is -2.00. The molecule has 2 N–H and O–H groups in total. The fourth-order valence-electron chi connectivity index (χ4n) is 3.12. The smallest absolute Gasteiger partial charge is 0.335 e. The number of rotatable bonds is 7. The van der Waals surface area contributed by atoms with Crippen LogP contribution in [0.5, 0.6) is 0 Å². The number of carboxylic acid groups (broad SMARTS) is 2. The predicted molar refractivity (Wildman–Crippen MR) is 151 cm³/mol. The molecule has 5 rings (SSSR count). The summed E-state index contributed by atoms with van der Waals surface area (Å²) in [6, 6.07) is 13.7. The van der Waals surface area contributed by atoms with Crippen LogP contribution in [0.1, 0.15) is 46.1 Å². The molecule has 0 saturated carbocycles. The summed E-state index contributed by atoms with van der Waals surface area (Å²) in [5.74, 6) is 0.653. The van der Waals surface area contributed by atoms with E-state index in [0.717, 1.165) is 11.1 Å². The number of aliphatic carboxylic acids is 1. The topological polar surface area (TPSA) is 246 Å². The van der Waals surface area contributed by atoms with E-state index in [4.69, 9.17) is 10.2 Å². The van der Waals surface area contributed by atoms with Crippen molar-refractivity contribution in [1.29, 1.82) is 0 Å². The van der Waals surface area contributed by atoms with Crippen molar-refractivity contribution in [2.75, 3.05) is 0 Å². The molecule has 17 heteroatoms. The first kappa shape index (κ1) is 32.4. The predicted octanol–water partition coefficient (Wildman–Crippen LogP) is 1.52. The third-order valence-electron chi connectivity index (χ3n) is 5.14. The number of hydrogen-bond acceptors (Lipinski definition) is 15. The summed E-state index contributed by atoms with van der Waals surface area (Å²) in [7, 11) is 0. The Balaban J connectivity index is 0.000000185. The molecule has 0 atom stereocenters. The Morgan fingerprint density at radius 2 is 0.932 bits per heavy atom. The first-order valence-electron chi connectivity index (χ1n) is 12.7. The molecule has 5 aromatic rings. The molecule has 0 aliphatic carbocycles. The standard InChI is InChI=1S/C12H12N4O.C10H8N4O2.C5H6N4O2/c1-8(17)7-10-3-5-11(6-4-10)12-15-13-9(2)14-16-12;1-6-11-13-9(14-12-6)7-2-4-8(5-3-7)10(15)16;1-3-6-8-4(9-7-3)2-5(10)11/h3-6H,7H2,1-2H3;2-5H,1H3,(H,15,16);2H2,1H3,(H,10,11). The Labute approximate surface area is 249 Å². The van der Waals surface area contributed by atoms with Gasteiger partial charge in [0, 0.05) is 17.5 Å². The van der Waals surface area contributed by atoms with Crippen molar-refractivity contribution in [3.63, 3.8) is 0 Å². The number of nitrogens with zero attached hydrogens (tertiary/aromatic N) is 12. The van der Waals surface area contributed by atoms with E-state index >= 15 is 0 Å². The average molecular weight is 599 g/mol. The second-order valence-corrected chi connectivity index (χ2v) is 8.93. The molecular weight excluding hydrogens is 572 g/mol. The van der Waals surface area contributed by atoms with Crippen molar-refractivity contribution in [2.24, 2.45) is 0 Å². The molecule has 0 fully saturated rings. The van der Waals surface area contributed by atoms with Gasteiger partial charge in [-0.25, -0.2) is 4.79 Å². The highest BCUT2D eigenvalue weighted by atomic mass is 16.4. The molecule has 3 heterocycles. The van der Waals surface area contributed by atoms with Crippen molar-refractivity contribution in [1.82, 2.24) is 61.2 Å². The summed E-state index contributed by atoms with van der Waals surface area (Å²) >= 11 is 0. The van der Waals surface area contributed by atoms with E-state index in [2.05, 4.69) is 61.2 Å². The van der Waals surface area contributed by atoms with Gasteiger partial charge in [0.15, 0.2) is 23.3 Å². The van der Waals surface area contributed by atoms with E-state index in [-0.39, 0.29) is 23.6 Å². The van der Waals surface area contributed by atoms with E-state index < -0.39 is 11.9 Å². The second-order valence-electron chi connectivity index (χ2n) is 8.93. The Bertz CT molecular complexity index is 1680. The maximum Gasteiger partial charge on any atom is 0.335 e. The van der Waals surface area contributed by atoms with Crippen LogP contribution in [-0.4, -0.2) is 89.1 Å². The van der Waals surface area contributed by atoms with Gasteiger partial charge in [0.2, 0.25) is 11.6 Å². The molecule has 0 spiro atoms. The molecule has 224 valence electrons. The van der Waals surface area contributed by atoms with Crippen LogP contribution < -0.4 is 0 Å².